The molecule has 1 aromatic carbocycles. The summed E-state index contributed by atoms with van der Waals surface area (Å²) in [5.74, 6) is 0.914. The van der Waals surface area contributed by atoms with Crippen LogP contribution in [0.1, 0.15) is 49.7 Å². The van der Waals surface area contributed by atoms with Crippen LogP contribution in [-0.4, -0.2) is 6.54 Å². The topological polar surface area (TPSA) is 12.0 Å². The number of aryl methyl sites for hydroxylation is 2. The van der Waals surface area contributed by atoms with Gasteiger partial charge in [0.1, 0.15) is 0 Å². The van der Waals surface area contributed by atoms with Gasteiger partial charge in [0.15, 0.2) is 0 Å². The fourth-order valence-electron chi connectivity index (χ4n) is 3.34. The Morgan fingerprint density at radius 2 is 1.76 bits per heavy atom. The van der Waals surface area contributed by atoms with Crippen LogP contribution in [0, 0.1) is 5.92 Å². The summed E-state index contributed by atoms with van der Waals surface area (Å²) >= 11 is 0. The van der Waals surface area contributed by atoms with Crippen molar-refractivity contribution in [2.75, 3.05) is 11.9 Å². The van der Waals surface area contributed by atoms with Crippen molar-refractivity contribution in [3.8, 4) is 0 Å². The Morgan fingerprint density at radius 3 is 2.65 bits per heavy atom. The number of hydrogen-bond donors (Lipinski definition) is 1. The van der Waals surface area contributed by atoms with Gasteiger partial charge in [0.2, 0.25) is 0 Å². The molecule has 0 atom stereocenters. The monoisotopic (exact) mass is 229 g/mol. The predicted octanol–water partition coefficient (Wildman–Crippen LogP) is 4.17. The molecule has 17 heavy (non-hydrogen) atoms. The molecular weight excluding hydrogens is 206 g/mol. The van der Waals surface area contributed by atoms with Crippen LogP contribution in [0.15, 0.2) is 18.2 Å². The number of anilines is 1. The van der Waals surface area contributed by atoms with Crippen LogP contribution < -0.4 is 5.32 Å². The summed E-state index contributed by atoms with van der Waals surface area (Å²) in [6.45, 7) is 1.18. The van der Waals surface area contributed by atoms with E-state index in [2.05, 4.69) is 23.5 Å². The predicted molar refractivity (Wildman–Crippen MR) is 73.5 cm³/mol. The van der Waals surface area contributed by atoms with E-state index in [0.717, 1.165) is 5.92 Å². The molecule has 0 unspecified atom stereocenters. The molecule has 0 aromatic heterocycles. The van der Waals surface area contributed by atoms with Crippen LogP contribution in [0.3, 0.4) is 0 Å². The first-order chi connectivity index (χ1) is 8.42. The highest BCUT2D eigenvalue weighted by atomic mass is 14.9. The van der Waals surface area contributed by atoms with Gasteiger partial charge < -0.3 is 5.32 Å². The molecule has 1 aromatic rings. The third kappa shape index (κ3) is 2.65. The van der Waals surface area contributed by atoms with Gasteiger partial charge in [-0.3, -0.25) is 0 Å². The van der Waals surface area contributed by atoms with E-state index in [4.69, 9.17) is 0 Å². The molecule has 0 heterocycles. The summed E-state index contributed by atoms with van der Waals surface area (Å²) in [6, 6.07) is 6.98. The molecule has 0 spiro atoms. The summed E-state index contributed by atoms with van der Waals surface area (Å²) < 4.78 is 0. The van der Waals surface area contributed by atoms with E-state index in [1.807, 2.05) is 0 Å². The number of fused-ring (bicyclic) bond motifs is 1. The minimum atomic E-state index is 0.914. The zero-order valence-corrected chi connectivity index (χ0v) is 10.7. The summed E-state index contributed by atoms with van der Waals surface area (Å²) in [4.78, 5) is 0. The van der Waals surface area contributed by atoms with Gasteiger partial charge in [-0.25, -0.2) is 0 Å². The molecule has 3 rings (SSSR count). The van der Waals surface area contributed by atoms with Crippen molar-refractivity contribution in [1.29, 1.82) is 0 Å². The van der Waals surface area contributed by atoms with Crippen molar-refractivity contribution in [3.63, 3.8) is 0 Å². The molecule has 1 saturated carbocycles. The highest BCUT2D eigenvalue weighted by molar-refractivity contribution is 5.50. The fourth-order valence-corrected chi connectivity index (χ4v) is 3.34. The van der Waals surface area contributed by atoms with Crippen LogP contribution in [0.2, 0.25) is 0 Å². The Balaban J connectivity index is 1.57. The van der Waals surface area contributed by atoms with E-state index < -0.39 is 0 Å². The third-order valence-electron chi connectivity index (χ3n) is 4.42. The lowest BCUT2D eigenvalue weighted by Crippen LogP contribution is -2.17. The van der Waals surface area contributed by atoms with Crippen molar-refractivity contribution in [2.45, 2.75) is 51.4 Å². The average molecular weight is 229 g/mol. The molecule has 0 bridgehead atoms. The van der Waals surface area contributed by atoms with Gasteiger partial charge in [-0.15, -0.1) is 0 Å². The molecule has 1 heteroatoms. The minimum Gasteiger partial charge on any atom is -0.385 e. The first kappa shape index (κ1) is 11.1. The van der Waals surface area contributed by atoms with Crippen molar-refractivity contribution >= 4 is 5.69 Å². The maximum Gasteiger partial charge on any atom is 0.0343 e. The highest BCUT2D eigenvalue weighted by Crippen LogP contribution is 2.27. The fraction of sp³-hybridized carbons (Fsp3) is 0.625. The second-order valence-electron chi connectivity index (χ2n) is 5.72. The zero-order chi connectivity index (χ0) is 11.5. The van der Waals surface area contributed by atoms with Crippen LogP contribution in [0.25, 0.3) is 0 Å². The van der Waals surface area contributed by atoms with E-state index in [9.17, 15) is 0 Å². The molecule has 2 aliphatic rings. The lowest BCUT2D eigenvalue weighted by atomic mass is 9.89. The Hall–Kier alpha value is -0.980. The second kappa shape index (κ2) is 5.12. The quantitative estimate of drug-likeness (QED) is 0.820. The van der Waals surface area contributed by atoms with Crippen LogP contribution in [0.5, 0.6) is 0 Å². The first-order valence-electron chi connectivity index (χ1n) is 7.27. The maximum absolute atomic E-state index is 3.64. The number of hydrogen-bond acceptors (Lipinski definition) is 1. The third-order valence-corrected chi connectivity index (χ3v) is 4.42. The van der Waals surface area contributed by atoms with E-state index in [1.165, 1.54) is 63.6 Å². The molecule has 1 nitrogen and oxygen atoms in total. The van der Waals surface area contributed by atoms with Crippen molar-refractivity contribution in [2.24, 2.45) is 5.92 Å². The van der Waals surface area contributed by atoms with Gasteiger partial charge in [-0.05, 0) is 61.3 Å². The van der Waals surface area contributed by atoms with E-state index in [1.54, 1.807) is 11.1 Å². The molecule has 0 saturated heterocycles. The molecule has 0 amide bonds. The molecule has 1 fully saturated rings. The summed E-state index contributed by atoms with van der Waals surface area (Å²) in [5.41, 5.74) is 4.50. The van der Waals surface area contributed by atoms with Crippen molar-refractivity contribution in [3.05, 3.63) is 29.3 Å². The summed E-state index contributed by atoms with van der Waals surface area (Å²) in [5, 5.41) is 3.64. The lowest BCUT2D eigenvalue weighted by Gasteiger charge is -2.22. The zero-order valence-electron chi connectivity index (χ0n) is 10.7. The van der Waals surface area contributed by atoms with Crippen molar-refractivity contribution < 1.29 is 0 Å². The van der Waals surface area contributed by atoms with Gasteiger partial charge in [-0.2, -0.15) is 0 Å². The van der Waals surface area contributed by atoms with Gasteiger partial charge in [0, 0.05) is 12.2 Å². The molecule has 92 valence electrons. The first-order valence-corrected chi connectivity index (χ1v) is 7.27. The Labute approximate surface area is 105 Å². The van der Waals surface area contributed by atoms with Gasteiger partial charge in [0.25, 0.3) is 0 Å². The lowest BCUT2D eigenvalue weighted by molar-refractivity contribution is 0.373. The molecule has 1 N–H and O–H groups in total. The Kier molecular flexibility index (Phi) is 3.35. The molecule has 0 radical (unpaired) electrons. The smallest absolute Gasteiger partial charge is 0.0343 e. The number of benzene rings is 1. The second-order valence-corrected chi connectivity index (χ2v) is 5.72. The SMILES string of the molecule is c1cc2c(cc1NCC1CCCCC1)CCC2. The van der Waals surface area contributed by atoms with E-state index >= 15 is 0 Å². The highest BCUT2D eigenvalue weighted by Gasteiger charge is 2.14. The van der Waals surface area contributed by atoms with Gasteiger partial charge in [-0.1, -0.05) is 25.3 Å². The standard InChI is InChI=1S/C16H23N/c1-2-5-13(6-3-1)12-17-16-10-9-14-7-4-8-15(14)11-16/h9-11,13,17H,1-8,12H2. The largest absolute Gasteiger partial charge is 0.385 e. The van der Waals surface area contributed by atoms with E-state index in [0.29, 0.717) is 0 Å². The van der Waals surface area contributed by atoms with Crippen molar-refractivity contribution in [1.82, 2.24) is 0 Å². The van der Waals surface area contributed by atoms with E-state index in [-0.39, 0.29) is 0 Å². The summed E-state index contributed by atoms with van der Waals surface area (Å²) in [7, 11) is 0. The molecular formula is C16H23N. The Bertz CT molecular complexity index is 377. The average Bonchev–Trinajstić information content (AvgIpc) is 2.85. The van der Waals surface area contributed by atoms with Crippen LogP contribution >= 0.6 is 0 Å². The molecule has 2 aliphatic carbocycles. The normalized spacial score (nSPS) is 20.2. The van der Waals surface area contributed by atoms with Crippen LogP contribution in [-0.2, 0) is 12.8 Å². The summed E-state index contributed by atoms with van der Waals surface area (Å²) in [6.07, 6.45) is 11.1. The maximum atomic E-state index is 3.64. The molecule has 0 aliphatic heterocycles. The minimum absolute atomic E-state index is 0.914. The Morgan fingerprint density at radius 1 is 0.941 bits per heavy atom. The number of rotatable bonds is 3. The van der Waals surface area contributed by atoms with Crippen LogP contribution in [0.4, 0.5) is 5.69 Å². The van der Waals surface area contributed by atoms with Gasteiger partial charge >= 0.3 is 0 Å². The van der Waals surface area contributed by atoms with Gasteiger partial charge in [0.05, 0.1) is 0 Å². The number of nitrogens with one attached hydrogen (secondary N) is 1.